The molecule has 5 nitrogen and oxygen atoms in total. The molecule has 146 valence electrons. The zero-order valence-corrected chi connectivity index (χ0v) is 16.3. The molecule has 27 heavy (non-hydrogen) atoms. The van der Waals surface area contributed by atoms with Crippen molar-refractivity contribution in [2.24, 2.45) is 0 Å². The lowest BCUT2D eigenvalue weighted by atomic mass is 10.2. The number of rotatable bonds is 9. The van der Waals surface area contributed by atoms with Crippen LogP contribution < -0.4 is 14.8 Å². The highest BCUT2D eigenvalue weighted by atomic mass is 16.5. The molecule has 0 unspecified atom stereocenters. The number of methoxy groups -OCH3 is 1. The van der Waals surface area contributed by atoms with Gasteiger partial charge in [0.25, 0.3) is 0 Å². The van der Waals surface area contributed by atoms with Gasteiger partial charge in [-0.2, -0.15) is 0 Å². The van der Waals surface area contributed by atoms with E-state index in [0.29, 0.717) is 6.61 Å². The van der Waals surface area contributed by atoms with Gasteiger partial charge >= 0.3 is 0 Å². The molecule has 2 heterocycles. The maximum absolute atomic E-state index is 6.02. The summed E-state index contributed by atoms with van der Waals surface area (Å²) in [6.45, 7) is 5.79. The standard InChI is InChI=1S/C22H31N3O2/c1-26-21-9-10-22(27-18-20-8-4-5-11-24-20)19(16-21)17-23-12-15-25-13-6-2-3-7-14-25/h4-5,8-11,16,23H,2-3,6-7,12-15,17-18H2,1H3. The van der Waals surface area contributed by atoms with Gasteiger partial charge in [-0.25, -0.2) is 0 Å². The summed E-state index contributed by atoms with van der Waals surface area (Å²) >= 11 is 0. The van der Waals surface area contributed by atoms with Crippen LogP contribution in [0.3, 0.4) is 0 Å². The highest BCUT2D eigenvalue weighted by Crippen LogP contribution is 2.25. The van der Waals surface area contributed by atoms with Crippen molar-refractivity contribution in [2.75, 3.05) is 33.3 Å². The maximum Gasteiger partial charge on any atom is 0.130 e. The Kier molecular flexibility index (Phi) is 7.93. The predicted molar refractivity (Wildman–Crippen MR) is 108 cm³/mol. The van der Waals surface area contributed by atoms with Crippen molar-refractivity contribution in [1.29, 1.82) is 0 Å². The summed E-state index contributed by atoms with van der Waals surface area (Å²) in [5.41, 5.74) is 2.04. The Hall–Kier alpha value is -2.11. The third-order valence-corrected chi connectivity index (χ3v) is 4.99. The van der Waals surface area contributed by atoms with Crippen LogP contribution in [0.4, 0.5) is 0 Å². The molecule has 5 heteroatoms. The smallest absolute Gasteiger partial charge is 0.130 e. The van der Waals surface area contributed by atoms with Crippen LogP contribution in [0.1, 0.15) is 36.9 Å². The summed E-state index contributed by atoms with van der Waals surface area (Å²) in [5.74, 6) is 1.73. The molecule has 3 rings (SSSR count). The highest BCUT2D eigenvalue weighted by Gasteiger charge is 2.10. The Morgan fingerprint density at radius 2 is 1.93 bits per heavy atom. The van der Waals surface area contributed by atoms with E-state index in [1.54, 1.807) is 13.3 Å². The second-order valence-corrected chi connectivity index (χ2v) is 7.02. The third-order valence-electron chi connectivity index (χ3n) is 4.99. The highest BCUT2D eigenvalue weighted by molar-refractivity contribution is 5.40. The quantitative estimate of drug-likeness (QED) is 0.684. The Labute approximate surface area is 162 Å². The largest absolute Gasteiger partial charge is 0.497 e. The van der Waals surface area contributed by atoms with Gasteiger partial charge in [0.2, 0.25) is 0 Å². The molecule has 2 aromatic rings. The number of benzene rings is 1. The number of nitrogens with one attached hydrogen (secondary N) is 1. The topological polar surface area (TPSA) is 46.6 Å². The van der Waals surface area contributed by atoms with Crippen LogP contribution >= 0.6 is 0 Å². The molecule has 0 saturated carbocycles. The van der Waals surface area contributed by atoms with Crippen molar-refractivity contribution in [3.63, 3.8) is 0 Å². The molecule has 0 atom stereocenters. The number of pyridine rings is 1. The van der Waals surface area contributed by atoms with E-state index < -0.39 is 0 Å². The van der Waals surface area contributed by atoms with Gasteiger partial charge in [-0.05, 0) is 56.3 Å². The summed E-state index contributed by atoms with van der Waals surface area (Å²) in [6.07, 6.45) is 7.22. The van der Waals surface area contributed by atoms with Crippen molar-refractivity contribution in [3.05, 3.63) is 53.9 Å². The first-order valence-electron chi connectivity index (χ1n) is 9.98. The normalized spacial score (nSPS) is 15.3. The molecule has 1 aromatic heterocycles. The number of hydrogen-bond acceptors (Lipinski definition) is 5. The van der Waals surface area contributed by atoms with Crippen molar-refractivity contribution in [3.8, 4) is 11.5 Å². The van der Waals surface area contributed by atoms with Gasteiger partial charge in [-0.15, -0.1) is 0 Å². The Balaban J connectivity index is 1.52. The number of aromatic nitrogens is 1. The number of likely N-dealkylation sites (tertiary alicyclic amines) is 1. The van der Waals surface area contributed by atoms with E-state index in [1.165, 1.54) is 38.8 Å². The molecule has 1 aliphatic rings. The molecule has 1 aliphatic heterocycles. The average molecular weight is 370 g/mol. The average Bonchev–Trinajstić information content (AvgIpc) is 2.99. The van der Waals surface area contributed by atoms with Gasteiger partial charge in [-0.1, -0.05) is 18.9 Å². The van der Waals surface area contributed by atoms with Crippen LogP contribution in [0.25, 0.3) is 0 Å². The summed E-state index contributed by atoms with van der Waals surface area (Å²) in [5, 5.41) is 3.57. The summed E-state index contributed by atoms with van der Waals surface area (Å²) in [4.78, 5) is 6.89. The van der Waals surface area contributed by atoms with E-state index in [9.17, 15) is 0 Å². The van der Waals surface area contributed by atoms with Gasteiger partial charge in [-0.3, -0.25) is 4.98 Å². The lowest BCUT2D eigenvalue weighted by molar-refractivity contribution is 0.281. The fraction of sp³-hybridized carbons (Fsp3) is 0.500. The minimum absolute atomic E-state index is 0.466. The van der Waals surface area contributed by atoms with Crippen LogP contribution in [-0.4, -0.2) is 43.2 Å². The second kappa shape index (κ2) is 10.9. The first-order valence-corrected chi connectivity index (χ1v) is 9.98. The zero-order chi connectivity index (χ0) is 18.7. The van der Waals surface area contributed by atoms with E-state index in [0.717, 1.165) is 42.4 Å². The van der Waals surface area contributed by atoms with Crippen LogP contribution in [0.5, 0.6) is 11.5 Å². The van der Waals surface area contributed by atoms with Crippen LogP contribution in [0.2, 0.25) is 0 Å². The van der Waals surface area contributed by atoms with Crippen molar-refractivity contribution in [1.82, 2.24) is 15.2 Å². The fourth-order valence-electron chi connectivity index (χ4n) is 3.42. The Bertz CT molecular complexity index is 671. The molecule has 1 N–H and O–H groups in total. The summed E-state index contributed by atoms with van der Waals surface area (Å²) in [6, 6.07) is 11.8. The molecular weight excluding hydrogens is 338 g/mol. The fourth-order valence-corrected chi connectivity index (χ4v) is 3.42. The molecule has 1 fully saturated rings. The minimum Gasteiger partial charge on any atom is -0.497 e. The van der Waals surface area contributed by atoms with Crippen molar-refractivity contribution >= 4 is 0 Å². The van der Waals surface area contributed by atoms with Gasteiger partial charge in [0, 0.05) is 31.4 Å². The molecule has 1 aromatic carbocycles. The van der Waals surface area contributed by atoms with E-state index in [1.807, 2.05) is 36.4 Å². The van der Waals surface area contributed by atoms with E-state index in [2.05, 4.69) is 15.2 Å². The first-order chi connectivity index (χ1) is 13.3. The summed E-state index contributed by atoms with van der Waals surface area (Å²) in [7, 11) is 1.69. The second-order valence-electron chi connectivity index (χ2n) is 7.02. The minimum atomic E-state index is 0.466. The molecule has 0 aliphatic carbocycles. The molecule has 0 amide bonds. The molecular formula is C22H31N3O2. The van der Waals surface area contributed by atoms with Crippen LogP contribution in [0.15, 0.2) is 42.6 Å². The van der Waals surface area contributed by atoms with Crippen LogP contribution in [-0.2, 0) is 13.2 Å². The Morgan fingerprint density at radius 1 is 1.07 bits per heavy atom. The Morgan fingerprint density at radius 3 is 2.67 bits per heavy atom. The molecule has 0 spiro atoms. The van der Waals surface area contributed by atoms with Gasteiger partial charge in [0.15, 0.2) is 0 Å². The zero-order valence-electron chi connectivity index (χ0n) is 16.3. The number of ether oxygens (including phenoxy) is 2. The monoisotopic (exact) mass is 369 g/mol. The van der Waals surface area contributed by atoms with Crippen LogP contribution in [0, 0.1) is 0 Å². The lowest BCUT2D eigenvalue weighted by Gasteiger charge is -2.20. The predicted octanol–water partition coefficient (Wildman–Crippen LogP) is 3.63. The van der Waals surface area contributed by atoms with E-state index in [-0.39, 0.29) is 0 Å². The van der Waals surface area contributed by atoms with E-state index >= 15 is 0 Å². The van der Waals surface area contributed by atoms with Crippen molar-refractivity contribution in [2.45, 2.75) is 38.8 Å². The molecule has 1 saturated heterocycles. The molecule has 0 radical (unpaired) electrons. The van der Waals surface area contributed by atoms with Gasteiger partial charge in [0.05, 0.1) is 12.8 Å². The van der Waals surface area contributed by atoms with Gasteiger partial charge < -0.3 is 19.7 Å². The lowest BCUT2D eigenvalue weighted by Crippen LogP contribution is -2.32. The van der Waals surface area contributed by atoms with E-state index in [4.69, 9.17) is 9.47 Å². The first kappa shape index (κ1) is 19.6. The molecule has 0 bridgehead atoms. The SMILES string of the molecule is COc1ccc(OCc2ccccn2)c(CNCCN2CCCCCC2)c1. The van der Waals surface area contributed by atoms with Crippen molar-refractivity contribution < 1.29 is 9.47 Å². The van der Waals surface area contributed by atoms with Gasteiger partial charge in [0.1, 0.15) is 18.1 Å². The summed E-state index contributed by atoms with van der Waals surface area (Å²) < 4.78 is 11.4. The third kappa shape index (κ3) is 6.52. The number of nitrogens with zero attached hydrogens (tertiary/aromatic N) is 2. The number of hydrogen-bond donors (Lipinski definition) is 1. The maximum atomic E-state index is 6.02.